The number of nitrogens with one attached hydrogen (secondary N) is 1. The number of carbonyl (C=O) groups is 1. The summed E-state index contributed by atoms with van der Waals surface area (Å²) < 4.78 is 1.89. The second-order valence-corrected chi connectivity index (χ2v) is 3.29. The van der Waals surface area contributed by atoms with Crippen LogP contribution in [0.25, 0.3) is 0 Å². The van der Waals surface area contributed by atoms with Crippen molar-refractivity contribution in [3.63, 3.8) is 0 Å². The van der Waals surface area contributed by atoms with Crippen LogP contribution in [-0.2, 0) is 13.6 Å². The molecule has 1 heterocycles. The van der Waals surface area contributed by atoms with Crippen LogP contribution in [0, 0.1) is 0 Å². The molecule has 0 radical (unpaired) electrons. The van der Waals surface area contributed by atoms with Gasteiger partial charge in [-0.1, -0.05) is 0 Å². The molecule has 1 rings (SSSR count). The zero-order chi connectivity index (χ0) is 11.3. The van der Waals surface area contributed by atoms with Gasteiger partial charge in [0.1, 0.15) is 5.82 Å². The average Bonchev–Trinajstić information content (AvgIpc) is 2.63. The Hall–Kier alpha value is -1.52. The Bertz CT molecular complexity index is 317. The van der Waals surface area contributed by atoms with Crippen LogP contribution in [0.2, 0.25) is 0 Å². The minimum atomic E-state index is -0.0389. The van der Waals surface area contributed by atoms with Crippen molar-refractivity contribution in [1.29, 1.82) is 0 Å². The summed E-state index contributed by atoms with van der Waals surface area (Å²) in [5.74, 6) is 0.857. The highest BCUT2D eigenvalue weighted by Crippen LogP contribution is 1.94. The largest absolute Gasteiger partial charge is 0.337 e. The number of carbonyl (C=O) groups excluding carboxylic acids is 1. The van der Waals surface area contributed by atoms with Gasteiger partial charge < -0.3 is 14.8 Å². The molecule has 0 spiro atoms. The number of hydrogen-bond donors (Lipinski definition) is 1. The van der Waals surface area contributed by atoms with Crippen LogP contribution >= 0.6 is 0 Å². The summed E-state index contributed by atoms with van der Waals surface area (Å²) in [4.78, 5) is 17.5. The molecule has 1 aromatic rings. The summed E-state index contributed by atoms with van der Waals surface area (Å²) in [6.07, 6.45) is 3.58. The van der Waals surface area contributed by atoms with E-state index in [0.29, 0.717) is 6.54 Å². The van der Waals surface area contributed by atoms with Crippen molar-refractivity contribution in [2.45, 2.75) is 20.4 Å². The van der Waals surface area contributed by atoms with Crippen molar-refractivity contribution < 1.29 is 4.79 Å². The van der Waals surface area contributed by atoms with Gasteiger partial charge in [0, 0.05) is 32.5 Å². The highest BCUT2D eigenvalue weighted by Gasteiger charge is 2.09. The summed E-state index contributed by atoms with van der Waals surface area (Å²) in [5, 5.41) is 2.83. The highest BCUT2D eigenvalue weighted by molar-refractivity contribution is 5.73. The average molecular weight is 210 g/mol. The van der Waals surface area contributed by atoms with Crippen molar-refractivity contribution in [3.8, 4) is 0 Å². The van der Waals surface area contributed by atoms with E-state index in [1.807, 2.05) is 31.7 Å². The molecule has 0 aliphatic heterocycles. The van der Waals surface area contributed by atoms with Crippen LogP contribution in [0.3, 0.4) is 0 Å². The molecule has 1 aromatic heterocycles. The van der Waals surface area contributed by atoms with Crippen molar-refractivity contribution in [1.82, 2.24) is 19.8 Å². The van der Waals surface area contributed by atoms with E-state index in [4.69, 9.17) is 0 Å². The summed E-state index contributed by atoms with van der Waals surface area (Å²) in [7, 11) is 1.91. The van der Waals surface area contributed by atoms with Gasteiger partial charge in [0.2, 0.25) is 0 Å². The fourth-order valence-corrected chi connectivity index (χ4v) is 1.34. The third-order valence-corrected chi connectivity index (χ3v) is 2.37. The van der Waals surface area contributed by atoms with Gasteiger partial charge in [-0.2, -0.15) is 0 Å². The molecule has 15 heavy (non-hydrogen) atoms. The number of imidazole rings is 1. The number of aromatic nitrogens is 2. The fraction of sp³-hybridized carbons (Fsp3) is 0.600. The van der Waals surface area contributed by atoms with Gasteiger partial charge in [-0.05, 0) is 13.8 Å². The van der Waals surface area contributed by atoms with Gasteiger partial charge in [-0.3, -0.25) is 0 Å². The van der Waals surface area contributed by atoms with Crippen LogP contribution in [0.15, 0.2) is 12.4 Å². The first-order valence-electron chi connectivity index (χ1n) is 5.18. The van der Waals surface area contributed by atoms with Crippen LogP contribution in [-0.4, -0.2) is 33.6 Å². The second kappa shape index (κ2) is 5.38. The fourth-order valence-electron chi connectivity index (χ4n) is 1.34. The maximum atomic E-state index is 11.6. The van der Waals surface area contributed by atoms with Gasteiger partial charge in [0.15, 0.2) is 0 Å². The first kappa shape index (κ1) is 11.6. The van der Waals surface area contributed by atoms with E-state index >= 15 is 0 Å². The summed E-state index contributed by atoms with van der Waals surface area (Å²) >= 11 is 0. The minimum absolute atomic E-state index is 0.0389. The Balaban J connectivity index is 2.43. The highest BCUT2D eigenvalue weighted by atomic mass is 16.2. The zero-order valence-electron chi connectivity index (χ0n) is 9.53. The van der Waals surface area contributed by atoms with Gasteiger partial charge >= 0.3 is 6.03 Å². The smallest absolute Gasteiger partial charge is 0.317 e. The maximum absolute atomic E-state index is 11.6. The molecule has 0 saturated carbocycles. The lowest BCUT2D eigenvalue weighted by molar-refractivity contribution is 0.202. The number of amides is 2. The lowest BCUT2D eigenvalue weighted by Gasteiger charge is -2.18. The van der Waals surface area contributed by atoms with Crippen LogP contribution < -0.4 is 5.32 Å². The van der Waals surface area contributed by atoms with Crippen molar-refractivity contribution in [3.05, 3.63) is 18.2 Å². The molecule has 0 aliphatic rings. The molecule has 0 atom stereocenters. The minimum Gasteiger partial charge on any atom is -0.337 e. The number of hydrogen-bond acceptors (Lipinski definition) is 2. The van der Waals surface area contributed by atoms with E-state index in [2.05, 4.69) is 10.3 Å². The molecule has 0 aliphatic carbocycles. The Kier molecular flexibility index (Phi) is 4.15. The molecule has 0 unspecified atom stereocenters. The molecule has 5 nitrogen and oxygen atoms in total. The Morgan fingerprint density at radius 2 is 2.20 bits per heavy atom. The number of urea groups is 1. The lowest BCUT2D eigenvalue weighted by Crippen LogP contribution is -2.39. The molecule has 1 N–H and O–H groups in total. The third-order valence-electron chi connectivity index (χ3n) is 2.37. The van der Waals surface area contributed by atoms with Crippen LogP contribution in [0.5, 0.6) is 0 Å². The van der Waals surface area contributed by atoms with Crippen molar-refractivity contribution in [2.75, 3.05) is 13.1 Å². The molecule has 5 heteroatoms. The molecular formula is C10H18N4O. The van der Waals surface area contributed by atoms with E-state index in [1.54, 1.807) is 11.1 Å². The Morgan fingerprint density at radius 1 is 1.53 bits per heavy atom. The zero-order valence-corrected chi connectivity index (χ0v) is 9.53. The Morgan fingerprint density at radius 3 is 2.67 bits per heavy atom. The van der Waals surface area contributed by atoms with E-state index in [0.717, 1.165) is 18.9 Å². The molecular weight excluding hydrogens is 192 g/mol. The SMILES string of the molecule is CCN(CC)C(=O)NCc1nccn1C. The van der Waals surface area contributed by atoms with Crippen LogP contribution in [0.1, 0.15) is 19.7 Å². The monoisotopic (exact) mass is 210 g/mol. The van der Waals surface area contributed by atoms with Gasteiger partial charge in [-0.15, -0.1) is 0 Å². The molecule has 0 fully saturated rings. The molecule has 0 aromatic carbocycles. The van der Waals surface area contributed by atoms with Crippen molar-refractivity contribution >= 4 is 6.03 Å². The standard InChI is InChI=1S/C10H18N4O/c1-4-14(5-2)10(15)12-8-9-11-6-7-13(9)3/h6-7H,4-5,8H2,1-3H3,(H,12,15). The third kappa shape index (κ3) is 2.97. The predicted octanol–water partition coefficient (Wildman–Crippen LogP) is 0.971. The summed E-state index contributed by atoms with van der Waals surface area (Å²) in [5.41, 5.74) is 0. The molecule has 0 saturated heterocycles. The Labute approximate surface area is 90.1 Å². The van der Waals surface area contributed by atoms with E-state index in [-0.39, 0.29) is 6.03 Å². The van der Waals surface area contributed by atoms with Crippen LogP contribution in [0.4, 0.5) is 4.79 Å². The maximum Gasteiger partial charge on any atom is 0.317 e. The lowest BCUT2D eigenvalue weighted by atomic mass is 10.5. The summed E-state index contributed by atoms with van der Waals surface area (Å²) in [6, 6.07) is -0.0389. The number of rotatable bonds is 4. The van der Waals surface area contributed by atoms with Gasteiger partial charge in [0.25, 0.3) is 0 Å². The first-order valence-corrected chi connectivity index (χ1v) is 5.18. The first-order chi connectivity index (χ1) is 7.19. The van der Waals surface area contributed by atoms with Gasteiger partial charge in [0.05, 0.1) is 6.54 Å². The number of aryl methyl sites for hydroxylation is 1. The predicted molar refractivity (Wildman–Crippen MR) is 58.4 cm³/mol. The van der Waals surface area contributed by atoms with Gasteiger partial charge in [-0.25, -0.2) is 9.78 Å². The quantitative estimate of drug-likeness (QED) is 0.805. The number of nitrogens with zero attached hydrogens (tertiary/aromatic N) is 3. The van der Waals surface area contributed by atoms with E-state index < -0.39 is 0 Å². The summed E-state index contributed by atoms with van der Waals surface area (Å²) in [6.45, 7) is 5.85. The van der Waals surface area contributed by atoms with Crippen molar-refractivity contribution in [2.24, 2.45) is 7.05 Å². The van der Waals surface area contributed by atoms with E-state index in [9.17, 15) is 4.79 Å². The topological polar surface area (TPSA) is 50.2 Å². The molecule has 2 amide bonds. The normalized spacial score (nSPS) is 10.1. The molecule has 0 bridgehead atoms. The molecule has 84 valence electrons. The van der Waals surface area contributed by atoms with E-state index in [1.165, 1.54) is 0 Å². The second-order valence-electron chi connectivity index (χ2n) is 3.29.